The van der Waals surface area contributed by atoms with Crippen molar-refractivity contribution in [3.63, 3.8) is 0 Å². The van der Waals surface area contributed by atoms with Crippen molar-refractivity contribution in [2.24, 2.45) is 4.99 Å². The lowest BCUT2D eigenvalue weighted by Gasteiger charge is -2.31. The normalized spacial score (nSPS) is 17.7. The monoisotopic (exact) mass is 461 g/mol. The Balaban J connectivity index is 0.00000312. The van der Waals surface area contributed by atoms with Crippen LogP contribution in [0.5, 0.6) is 0 Å². The number of nitrogens with zero attached hydrogens (tertiary/aromatic N) is 3. The number of non-ortho nitro benzene ring substituents is 1. The largest absolute Gasteiger partial charge is 0.357 e. The number of piperidine rings is 1. The van der Waals surface area contributed by atoms with E-state index in [1.165, 1.54) is 12.1 Å². The van der Waals surface area contributed by atoms with Gasteiger partial charge in [0.1, 0.15) is 0 Å². The summed E-state index contributed by atoms with van der Waals surface area (Å²) >= 11 is 0. The number of amides is 1. The maximum absolute atomic E-state index is 11.5. The van der Waals surface area contributed by atoms with Gasteiger partial charge in [0, 0.05) is 44.7 Å². The van der Waals surface area contributed by atoms with Crippen molar-refractivity contribution in [3.8, 4) is 0 Å². The fourth-order valence-electron chi connectivity index (χ4n) is 2.58. The molecule has 138 valence electrons. The molecule has 2 N–H and O–H groups in total. The van der Waals surface area contributed by atoms with E-state index in [2.05, 4.69) is 15.6 Å². The summed E-state index contributed by atoms with van der Waals surface area (Å²) in [7, 11) is 1.79. The average molecular weight is 461 g/mol. The molecular formula is C16H24IN5O3. The van der Waals surface area contributed by atoms with Crippen LogP contribution in [0.15, 0.2) is 29.3 Å². The molecule has 8 nitrogen and oxygen atoms in total. The standard InChI is InChI=1S/C16H23N5O3.HI/c1-3-17-16(19-13-7-8-15(22)20(2)11-13)18-10-12-5-4-6-14(9-12)21(23)24;/h4-6,9,13H,3,7-8,10-11H2,1-2H3,(H2,17,18,19);1H. The number of likely N-dealkylation sites (tertiary alicyclic amines) is 1. The molecular weight excluding hydrogens is 437 g/mol. The number of likely N-dealkylation sites (N-methyl/N-ethyl adjacent to an activating group) is 1. The number of benzene rings is 1. The molecule has 9 heteroatoms. The molecule has 1 heterocycles. The number of nitro groups is 1. The van der Waals surface area contributed by atoms with Gasteiger partial charge in [-0.15, -0.1) is 24.0 Å². The molecule has 1 aromatic carbocycles. The topological polar surface area (TPSA) is 99.9 Å². The van der Waals surface area contributed by atoms with E-state index in [0.717, 1.165) is 12.0 Å². The summed E-state index contributed by atoms with van der Waals surface area (Å²) in [5.41, 5.74) is 0.838. The van der Waals surface area contributed by atoms with E-state index >= 15 is 0 Å². The van der Waals surface area contributed by atoms with E-state index in [1.54, 1.807) is 18.0 Å². The Morgan fingerprint density at radius 2 is 2.24 bits per heavy atom. The smallest absolute Gasteiger partial charge is 0.269 e. The van der Waals surface area contributed by atoms with Gasteiger partial charge in [0.25, 0.3) is 5.69 Å². The van der Waals surface area contributed by atoms with E-state index in [9.17, 15) is 14.9 Å². The van der Waals surface area contributed by atoms with Gasteiger partial charge in [0.2, 0.25) is 5.91 Å². The molecule has 1 aliphatic heterocycles. The summed E-state index contributed by atoms with van der Waals surface area (Å²) in [6.45, 7) is 3.67. The second kappa shape index (κ2) is 10.2. The third-order valence-electron chi connectivity index (χ3n) is 3.85. The Hall–Kier alpha value is -1.91. The maximum Gasteiger partial charge on any atom is 0.269 e. The predicted octanol–water partition coefficient (Wildman–Crippen LogP) is 1.89. The van der Waals surface area contributed by atoms with Gasteiger partial charge in [-0.25, -0.2) is 4.99 Å². The number of halogens is 1. The Bertz CT molecular complexity index is 638. The van der Waals surface area contributed by atoms with Gasteiger partial charge in [0.05, 0.1) is 11.5 Å². The minimum Gasteiger partial charge on any atom is -0.357 e. The highest BCUT2D eigenvalue weighted by Gasteiger charge is 2.23. The molecule has 2 rings (SSSR count). The Kier molecular flexibility index (Phi) is 8.59. The average Bonchev–Trinajstić information content (AvgIpc) is 2.56. The minimum atomic E-state index is -0.411. The van der Waals surface area contributed by atoms with E-state index in [-0.39, 0.29) is 41.6 Å². The Morgan fingerprint density at radius 1 is 1.48 bits per heavy atom. The highest BCUT2D eigenvalue weighted by molar-refractivity contribution is 14.0. The van der Waals surface area contributed by atoms with Crippen LogP contribution in [-0.2, 0) is 11.3 Å². The van der Waals surface area contributed by atoms with Crippen molar-refractivity contribution in [1.82, 2.24) is 15.5 Å². The number of hydrogen-bond donors (Lipinski definition) is 2. The van der Waals surface area contributed by atoms with Crippen LogP contribution in [-0.4, -0.2) is 47.9 Å². The van der Waals surface area contributed by atoms with Crippen LogP contribution in [0.3, 0.4) is 0 Å². The molecule has 0 saturated carbocycles. The van der Waals surface area contributed by atoms with E-state index < -0.39 is 4.92 Å². The molecule has 1 saturated heterocycles. The van der Waals surface area contributed by atoms with Gasteiger partial charge >= 0.3 is 0 Å². The second-order valence-electron chi connectivity index (χ2n) is 5.78. The molecule has 0 radical (unpaired) electrons. The van der Waals surface area contributed by atoms with Crippen LogP contribution in [0.1, 0.15) is 25.3 Å². The van der Waals surface area contributed by atoms with E-state index in [4.69, 9.17) is 0 Å². The first kappa shape index (κ1) is 21.1. The molecule has 25 heavy (non-hydrogen) atoms. The molecule has 1 amide bonds. The SMILES string of the molecule is CCNC(=NCc1cccc([N+](=O)[O-])c1)NC1CCC(=O)N(C)C1.I. The quantitative estimate of drug-likeness (QED) is 0.229. The summed E-state index contributed by atoms with van der Waals surface area (Å²) < 4.78 is 0. The van der Waals surface area contributed by atoms with Gasteiger partial charge in [-0.3, -0.25) is 14.9 Å². The number of carbonyl (C=O) groups is 1. The van der Waals surface area contributed by atoms with Crippen LogP contribution in [0.25, 0.3) is 0 Å². The highest BCUT2D eigenvalue weighted by atomic mass is 127. The third kappa shape index (κ3) is 6.48. The zero-order chi connectivity index (χ0) is 17.5. The molecule has 1 aromatic rings. The number of hydrogen-bond acceptors (Lipinski definition) is 4. The number of aliphatic imine (C=N–C) groups is 1. The van der Waals surface area contributed by atoms with Crippen molar-refractivity contribution >= 4 is 41.5 Å². The van der Waals surface area contributed by atoms with E-state index in [0.29, 0.717) is 32.0 Å². The maximum atomic E-state index is 11.5. The number of nitrogens with one attached hydrogen (secondary N) is 2. The fraction of sp³-hybridized carbons (Fsp3) is 0.500. The summed E-state index contributed by atoms with van der Waals surface area (Å²) in [5, 5.41) is 17.3. The van der Waals surface area contributed by atoms with Crippen LogP contribution >= 0.6 is 24.0 Å². The summed E-state index contributed by atoms with van der Waals surface area (Å²) in [6, 6.07) is 6.61. The summed E-state index contributed by atoms with van der Waals surface area (Å²) in [6.07, 6.45) is 1.29. The molecule has 1 unspecified atom stereocenters. The van der Waals surface area contributed by atoms with Crippen molar-refractivity contribution in [2.75, 3.05) is 20.1 Å². The lowest BCUT2D eigenvalue weighted by atomic mass is 10.1. The van der Waals surface area contributed by atoms with Crippen LogP contribution in [0.4, 0.5) is 5.69 Å². The molecule has 1 fully saturated rings. The van der Waals surface area contributed by atoms with Crippen molar-refractivity contribution in [3.05, 3.63) is 39.9 Å². The van der Waals surface area contributed by atoms with Gasteiger partial charge in [-0.2, -0.15) is 0 Å². The second-order valence-corrected chi connectivity index (χ2v) is 5.78. The van der Waals surface area contributed by atoms with Gasteiger partial charge < -0.3 is 15.5 Å². The van der Waals surface area contributed by atoms with Crippen LogP contribution in [0.2, 0.25) is 0 Å². The number of carbonyl (C=O) groups excluding carboxylic acids is 1. The van der Waals surface area contributed by atoms with Gasteiger partial charge in [-0.1, -0.05) is 12.1 Å². The molecule has 1 atom stereocenters. The summed E-state index contributed by atoms with van der Waals surface area (Å²) in [4.78, 5) is 28.2. The number of guanidine groups is 1. The van der Waals surface area contributed by atoms with Crippen molar-refractivity contribution < 1.29 is 9.72 Å². The van der Waals surface area contributed by atoms with Gasteiger partial charge in [-0.05, 0) is 18.9 Å². The molecule has 0 aromatic heterocycles. The number of rotatable bonds is 5. The lowest BCUT2D eigenvalue weighted by molar-refractivity contribution is -0.384. The van der Waals surface area contributed by atoms with Crippen LogP contribution < -0.4 is 10.6 Å². The zero-order valence-electron chi connectivity index (χ0n) is 14.4. The van der Waals surface area contributed by atoms with Gasteiger partial charge in [0.15, 0.2) is 5.96 Å². The Morgan fingerprint density at radius 3 is 2.88 bits per heavy atom. The van der Waals surface area contributed by atoms with E-state index in [1.807, 2.05) is 13.0 Å². The van der Waals surface area contributed by atoms with Crippen molar-refractivity contribution in [1.29, 1.82) is 0 Å². The van der Waals surface area contributed by atoms with Crippen molar-refractivity contribution in [2.45, 2.75) is 32.4 Å². The molecule has 0 spiro atoms. The zero-order valence-corrected chi connectivity index (χ0v) is 16.7. The fourth-order valence-corrected chi connectivity index (χ4v) is 2.58. The highest BCUT2D eigenvalue weighted by Crippen LogP contribution is 2.14. The Labute approximate surface area is 164 Å². The number of nitro benzene ring substituents is 1. The molecule has 1 aliphatic rings. The first-order valence-electron chi connectivity index (χ1n) is 8.01. The predicted molar refractivity (Wildman–Crippen MR) is 107 cm³/mol. The van der Waals surface area contributed by atoms with Crippen LogP contribution in [0, 0.1) is 10.1 Å². The molecule has 0 bridgehead atoms. The summed E-state index contributed by atoms with van der Waals surface area (Å²) in [5.74, 6) is 0.809. The lowest BCUT2D eigenvalue weighted by Crippen LogP contribution is -2.51. The first-order valence-corrected chi connectivity index (χ1v) is 8.01. The first-order chi connectivity index (χ1) is 11.5. The third-order valence-corrected chi connectivity index (χ3v) is 3.85. The molecule has 0 aliphatic carbocycles. The minimum absolute atomic E-state index is 0.